The van der Waals surface area contributed by atoms with Crippen LogP contribution in [0, 0.1) is 0 Å². The zero-order chi connectivity index (χ0) is 11.1. The number of carbonyl (C=O) groups excluding carboxylic acids is 1. The molecule has 0 saturated heterocycles. The molecule has 3 N–H and O–H groups in total. The number of ether oxygens (including phenoxy) is 1. The Bertz CT molecular complexity index is 445. The fraction of sp³-hybridized carbons (Fsp3) is 0.417. The minimum atomic E-state index is 0.0102. The second-order valence-corrected chi connectivity index (χ2v) is 4.41. The zero-order valence-electron chi connectivity index (χ0n) is 8.90. The highest BCUT2D eigenvalue weighted by Gasteiger charge is 2.35. The second-order valence-electron chi connectivity index (χ2n) is 4.41. The third kappa shape index (κ3) is 1.65. The lowest BCUT2D eigenvalue weighted by molar-refractivity contribution is -0.116. The highest BCUT2D eigenvalue weighted by molar-refractivity contribution is 5.93. The first-order valence-electron chi connectivity index (χ1n) is 5.56. The number of fused-ring (bicyclic) bond motifs is 1. The van der Waals surface area contributed by atoms with Crippen LogP contribution in [-0.4, -0.2) is 18.6 Å². The molecular weight excluding hydrogens is 204 g/mol. The molecule has 0 aromatic heterocycles. The molecule has 1 amide bonds. The molecule has 0 bridgehead atoms. The maximum atomic E-state index is 11.4. The summed E-state index contributed by atoms with van der Waals surface area (Å²) in [5, 5.41) is 2.86. The zero-order valence-corrected chi connectivity index (χ0v) is 8.90. The van der Waals surface area contributed by atoms with Gasteiger partial charge in [0, 0.05) is 12.0 Å². The van der Waals surface area contributed by atoms with Gasteiger partial charge in [-0.2, -0.15) is 0 Å². The molecule has 16 heavy (non-hydrogen) atoms. The molecule has 4 nitrogen and oxygen atoms in total. The van der Waals surface area contributed by atoms with Crippen molar-refractivity contribution in [3.8, 4) is 5.75 Å². The molecule has 1 saturated carbocycles. The van der Waals surface area contributed by atoms with Crippen LogP contribution in [-0.2, 0) is 4.79 Å². The number of rotatable bonds is 1. The fourth-order valence-electron chi connectivity index (χ4n) is 2.07. The van der Waals surface area contributed by atoms with Crippen molar-refractivity contribution in [1.29, 1.82) is 0 Å². The monoisotopic (exact) mass is 218 g/mol. The van der Waals surface area contributed by atoms with Gasteiger partial charge in [0.25, 0.3) is 0 Å². The lowest BCUT2D eigenvalue weighted by atomic mass is 10.1. The predicted octanol–water partition coefficient (Wildman–Crippen LogP) is 1.22. The number of nitrogens with two attached hydrogens (primary N) is 1. The van der Waals surface area contributed by atoms with Crippen molar-refractivity contribution in [1.82, 2.24) is 0 Å². The third-order valence-corrected chi connectivity index (χ3v) is 3.13. The summed E-state index contributed by atoms with van der Waals surface area (Å²) >= 11 is 0. The van der Waals surface area contributed by atoms with E-state index in [2.05, 4.69) is 5.32 Å². The van der Waals surface area contributed by atoms with Crippen molar-refractivity contribution >= 4 is 11.6 Å². The van der Waals surface area contributed by atoms with E-state index in [1.54, 1.807) is 0 Å². The third-order valence-electron chi connectivity index (χ3n) is 3.13. The first-order chi connectivity index (χ1) is 7.74. The largest absolute Gasteiger partial charge is 0.491 e. The molecule has 1 aromatic rings. The highest BCUT2D eigenvalue weighted by atomic mass is 16.5. The lowest BCUT2D eigenvalue weighted by Gasteiger charge is -2.08. The number of benzene rings is 1. The summed E-state index contributed by atoms with van der Waals surface area (Å²) in [6.45, 7) is 0.446. The maximum absolute atomic E-state index is 11.4. The summed E-state index contributed by atoms with van der Waals surface area (Å²) in [7, 11) is 0. The van der Waals surface area contributed by atoms with Crippen LogP contribution in [0.4, 0.5) is 5.69 Å². The van der Waals surface area contributed by atoms with E-state index < -0.39 is 0 Å². The first-order valence-corrected chi connectivity index (χ1v) is 5.56. The van der Waals surface area contributed by atoms with E-state index in [9.17, 15) is 4.79 Å². The van der Waals surface area contributed by atoms with Crippen LogP contribution in [0.2, 0.25) is 0 Å². The van der Waals surface area contributed by atoms with Gasteiger partial charge < -0.3 is 15.8 Å². The van der Waals surface area contributed by atoms with Gasteiger partial charge in [-0.05, 0) is 24.1 Å². The van der Waals surface area contributed by atoms with Gasteiger partial charge in [0.15, 0.2) is 0 Å². The Morgan fingerprint density at radius 3 is 3.00 bits per heavy atom. The van der Waals surface area contributed by atoms with Crippen molar-refractivity contribution < 1.29 is 9.53 Å². The van der Waals surface area contributed by atoms with Crippen LogP contribution in [0.5, 0.6) is 5.75 Å². The Morgan fingerprint density at radius 2 is 2.25 bits per heavy atom. The number of hydrogen-bond acceptors (Lipinski definition) is 3. The van der Waals surface area contributed by atoms with Crippen LogP contribution in [0.3, 0.4) is 0 Å². The molecule has 4 heteroatoms. The van der Waals surface area contributed by atoms with Crippen molar-refractivity contribution in [2.75, 3.05) is 11.9 Å². The molecule has 1 heterocycles. The molecule has 0 radical (unpaired) electrons. The smallest absolute Gasteiger partial charge is 0.227 e. The van der Waals surface area contributed by atoms with Gasteiger partial charge in [-0.25, -0.2) is 0 Å². The Labute approximate surface area is 93.8 Å². The van der Waals surface area contributed by atoms with E-state index in [0.29, 0.717) is 18.9 Å². The molecule has 1 aliphatic carbocycles. The van der Waals surface area contributed by atoms with E-state index in [4.69, 9.17) is 10.5 Å². The molecule has 0 spiro atoms. The molecule has 1 aromatic carbocycles. The van der Waals surface area contributed by atoms with Crippen molar-refractivity contribution in [2.24, 2.45) is 5.73 Å². The molecule has 1 aliphatic heterocycles. The number of hydrogen-bond donors (Lipinski definition) is 2. The number of carbonyl (C=O) groups is 1. The van der Waals surface area contributed by atoms with E-state index in [1.807, 2.05) is 18.2 Å². The van der Waals surface area contributed by atoms with Crippen molar-refractivity contribution in [3.05, 3.63) is 23.8 Å². The quantitative estimate of drug-likeness (QED) is 0.745. The minimum Gasteiger partial charge on any atom is -0.491 e. The summed E-state index contributed by atoms with van der Waals surface area (Å²) in [6.07, 6.45) is 1.44. The lowest BCUT2D eigenvalue weighted by Crippen LogP contribution is -2.10. The summed E-state index contributed by atoms with van der Waals surface area (Å²) in [6, 6.07) is 6.21. The van der Waals surface area contributed by atoms with Gasteiger partial charge in [-0.3, -0.25) is 4.79 Å². The number of amides is 1. The van der Waals surface area contributed by atoms with E-state index in [-0.39, 0.29) is 11.9 Å². The Morgan fingerprint density at radius 1 is 1.44 bits per heavy atom. The maximum Gasteiger partial charge on any atom is 0.227 e. The molecule has 1 fully saturated rings. The molecule has 3 rings (SSSR count). The number of nitrogens with one attached hydrogen (secondary N) is 1. The van der Waals surface area contributed by atoms with Gasteiger partial charge in [0.1, 0.15) is 5.75 Å². The van der Waals surface area contributed by atoms with Crippen LogP contribution >= 0.6 is 0 Å². The van der Waals surface area contributed by atoms with E-state index >= 15 is 0 Å². The van der Waals surface area contributed by atoms with E-state index in [1.165, 1.54) is 5.56 Å². The van der Waals surface area contributed by atoms with Gasteiger partial charge in [0.05, 0.1) is 18.7 Å². The predicted molar refractivity (Wildman–Crippen MR) is 60.5 cm³/mol. The molecule has 2 aliphatic rings. The summed E-state index contributed by atoms with van der Waals surface area (Å²) < 4.78 is 5.49. The average molecular weight is 218 g/mol. The molecule has 84 valence electrons. The van der Waals surface area contributed by atoms with Gasteiger partial charge >= 0.3 is 0 Å². The van der Waals surface area contributed by atoms with Crippen LogP contribution < -0.4 is 15.8 Å². The Kier molecular flexibility index (Phi) is 2.11. The first kappa shape index (κ1) is 9.66. The average Bonchev–Trinajstić information content (AvgIpc) is 2.99. The number of anilines is 1. The standard InChI is InChI=1S/C12H14N2O2/c13-9-6-8(9)7-1-2-11-10(5-7)14-12(15)3-4-16-11/h1-2,5,8-9H,3-4,6,13H2,(H,14,15). The Balaban J connectivity index is 1.93. The summed E-state index contributed by atoms with van der Waals surface area (Å²) in [5.74, 6) is 1.21. The van der Waals surface area contributed by atoms with E-state index in [0.717, 1.165) is 17.9 Å². The van der Waals surface area contributed by atoms with Crippen molar-refractivity contribution in [2.45, 2.75) is 24.8 Å². The second kappa shape index (κ2) is 3.49. The topological polar surface area (TPSA) is 64.3 Å². The van der Waals surface area contributed by atoms with Crippen LogP contribution in [0.15, 0.2) is 18.2 Å². The molecule has 2 unspecified atom stereocenters. The Hall–Kier alpha value is -1.55. The summed E-state index contributed by atoms with van der Waals surface area (Å²) in [5.41, 5.74) is 7.78. The normalized spacial score (nSPS) is 27.4. The fourth-order valence-corrected chi connectivity index (χ4v) is 2.07. The van der Waals surface area contributed by atoms with Gasteiger partial charge in [0.2, 0.25) is 5.91 Å². The highest BCUT2D eigenvalue weighted by Crippen LogP contribution is 2.41. The van der Waals surface area contributed by atoms with Crippen LogP contribution in [0.25, 0.3) is 0 Å². The van der Waals surface area contributed by atoms with Gasteiger partial charge in [-0.15, -0.1) is 0 Å². The summed E-state index contributed by atoms with van der Waals surface area (Å²) in [4.78, 5) is 11.4. The van der Waals surface area contributed by atoms with Crippen molar-refractivity contribution in [3.63, 3.8) is 0 Å². The van der Waals surface area contributed by atoms with Gasteiger partial charge in [-0.1, -0.05) is 6.07 Å². The molecule has 2 atom stereocenters. The molecular formula is C12H14N2O2. The minimum absolute atomic E-state index is 0.0102. The SMILES string of the molecule is NC1CC1c1ccc2c(c1)NC(=O)CCO2. The van der Waals surface area contributed by atoms with Crippen LogP contribution in [0.1, 0.15) is 24.3 Å².